The van der Waals surface area contributed by atoms with Gasteiger partial charge in [0.2, 0.25) is 0 Å². The van der Waals surface area contributed by atoms with Gasteiger partial charge in [-0.05, 0) is 31.8 Å². The van der Waals surface area contributed by atoms with Crippen LogP contribution in [0.3, 0.4) is 0 Å². The van der Waals surface area contributed by atoms with Crippen molar-refractivity contribution in [3.05, 3.63) is 0 Å². The van der Waals surface area contributed by atoms with E-state index in [0.29, 0.717) is 0 Å². The van der Waals surface area contributed by atoms with Crippen molar-refractivity contribution in [3.63, 3.8) is 0 Å². The fraction of sp³-hybridized carbons (Fsp3) is 1.00. The lowest BCUT2D eigenvalue weighted by molar-refractivity contribution is -0.0443. The highest BCUT2D eigenvalue weighted by molar-refractivity contribution is 4.79. The summed E-state index contributed by atoms with van der Waals surface area (Å²) in [6.07, 6.45) is 2.56. The van der Waals surface area contributed by atoms with Crippen molar-refractivity contribution in [2.24, 2.45) is 17.6 Å². The Morgan fingerprint density at radius 3 is 2.77 bits per heavy atom. The first-order chi connectivity index (χ1) is 6.38. The Labute approximate surface area is 80.2 Å². The van der Waals surface area contributed by atoms with E-state index in [9.17, 15) is 0 Å². The Balaban J connectivity index is 1.65. The molecule has 0 radical (unpaired) electrons. The highest BCUT2D eigenvalue weighted by Gasteiger charge is 2.26. The second-order valence-corrected chi connectivity index (χ2v) is 4.40. The van der Waals surface area contributed by atoms with Crippen molar-refractivity contribution in [1.82, 2.24) is 4.90 Å². The van der Waals surface area contributed by atoms with E-state index in [1.807, 2.05) is 0 Å². The standard InChI is InChI=1S/C10H20N2O/c11-3-1-9-2-4-12(5-9)6-10-7-13-8-10/h9-10H,1-8,11H2. The summed E-state index contributed by atoms with van der Waals surface area (Å²) in [5, 5.41) is 0. The molecule has 13 heavy (non-hydrogen) atoms. The van der Waals surface area contributed by atoms with Crippen LogP contribution in [0.25, 0.3) is 0 Å². The van der Waals surface area contributed by atoms with Crippen LogP contribution >= 0.6 is 0 Å². The minimum Gasteiger partial charge on any atom is -0.381 e. The molecule has 2 rings (SSSR count). The van der Waals surface area contributed by atoms with E-state index < -0.39 is 0 Å². The zero-order valence-electron chi connectivity index (χ0n) is 8.24. The van der Waals surface area contributed by atoms with Crippen molar-refractivity contribution >= 4 is 0 Å². The molecule has 3 nitrogen and oxygen atoms in total. The molecule has 2 fully saturated rings. The van der Waals surface area contributed by atoms with E-state index in [2.05, 4.69) is 4.90 Å². The molecule has 0 aromatic heterocycles. The van der Waals surface area contributed by atoms with Crippen LogP contribution in [-0.4, -0.2) is 44.3 Å². The van der Waals surface area contributed by atoms with Crippen LogP contribution in [0.15, 0.2) is 0 Å². The molecular formula is C10H20N2O. The van der Waals surface area contributed by atoms with Gasteiger partial charge in [0.15, 0.2) is 0 Å². The lowest BCUT2D eigenvalue weighted by Crippen LogP contribution is -2.38. The van der Waals surface area contributed by atoms with Crippen molar-refractivity contribution in [1.29, 1.82) is 0 Å². The summed E-state index contributed by atoms with van der Waals surface area (Å²) in [5.74, 6) is 1.68. The molecule has 0 saturated carbocycles. The molecule has 0 spiro atoms. The van der Waals surface area contributed by atoms with Gasteiger partial charge in [-0.1, -0.05) is 0 Å². The van der Waals surface area contributed by atoms with Gasteiger partial charge in [-0.3, -0.25) is 0 Å². The third-order valence-corrected chi connectivity index (χ3v) is 3.17. The molecule has 0 aromatic rings. The zero-order valence-corrected chi connectivity index (χ0v) is 8.24. The van der Waals surface area contributed by atoms with Gasteiger partial charge < -0.3 is 15.4 Å². The van der Waals surface area contributed by atoms with Gasteiger partial charge in [-0.2, -0.15) is 0 Å². The average molecular weight is 184 g/mol. The topological polar surface area (TPSA) is 38.5 Å². The van der Waals surface area contributed by atoms with E-state index >= 15 is 0 Å². The monoisotopic (exact) mass is 184 g/mol. The summed E-state index contributed by atoms with van der Waals surface area (Å²) >= 11 is 0. The first kappa shape index (κ1) is 9.44. The molecule has 0 amide bonds. The van der Waals surface area contributed by atoms with Crippen molar-refractivity contribution in [2.45, 2.75) is 12.8 Å². The van der Waals surface area contributed by atoms with E-state index in [0.717, 1.165) is 31.6 Å². The summed E-state index contributed by atoms with van der Waals surface area (Å²) < 4.78 is 5.17. The van der Waals surface area contributed by atoms with E-state index in [-0.39, 0.29) is 0 Å². The molecule has 1 unspecified atom stereocenters. The Morgan fingerprint density at radius 2 is 2.15 bits per heavy atom. The van der Waals surface area contributed by atoms with Crippen LogP contribution in [0.5, 0.6) is 0 Å². The third-order valence-electron chi connectivity index (χ3n) is 3.17. The highest BCUT2D eigenvalue weighted by atomic mass is 16.5. The van der Waals surface area contributed by atoms with Gasteiger partial charge in [0.25, 0.3) is 0 Å². The van der Waals surface area contributed by atoms with E-state index in [4.69, 9.17) is 10.5 Å². The highest BCUT2D eigenvalue weighted by Crippen LogP contribution is 2.21. The normalized spacial score (nSPS) is 30.7. The lowest BCUT2D eigenvalue weighted by Gasteiger charge is -2.30. The molecule has 0 aliphatic carbocycles. The first-order valence-corrected chi connectivity index (χ1v) is 5.38. The van der Waals surface area contributed by atoms with E-state index in [1.165, 1.54) is 32.5 Å². The quantitative estimate of drug-likeness (QED) is 0.683. The molecule has 2 aliphatic rings. The van der Waals surface area contributed by atoms with Crippen LogP contribution in [-0.2, 0) is 4.74 Å². The number of rotatable bonds is 4. The molecule has 0 aromatic carbocycles. The van der Waals surface area contributed by atoms with Gasteiger partial charge in [-0.15, -0.1) is 0 Å². The Morgan fingerprint density at radius 1 is 1.31 bits per heavy atom. The maximum Gasteiger partial charge on any atom is 0.0528 e. The largest absolute Gasteiger partial charge is 0.381 e. The number of nitrogens with two attached hydrogens (primary N) is 1. The summed E-state index contributed by atoms with van der Waals surface area (Å²) in [4.78, 5) is 2.58. The van der Waals surface area contributed by atoms with Gasteiger partial charge in [0, 0.05) is 19.0 Å². The molecule has 2 saturated heterocycles. The lowest BCUT2D eigenvalue weighted by atomic mass is 10.1. The SMILES string of the molecule is NCCC1CCN(CC2COC2)C1. The number of nitrogens with zero attached hydrogens (tertiary/aromatic N) is 1. The summed E-state index contributed by atoms with van der Waals surface area (Å²) in [6.45, 7) is 6.62. The molecule has 1 atom stereocenters. The number of likely N-dealkylation sites (tertiary alicyclic amines) is 1. The minimum atomic E-state index is 0.816. The molecule has 76 valence electrons. The summed E-state index contributed by atoms with van der Waals surface area (Å²) in [7, 11) is 0. The van der Waals surface area contributed by atoms with Crippen LogP contribution in [0, 0.1) is 11.8 Å². The maximum absolute atomic E-state index is 5.55. The summed E-state index contributed by atoms with van der Waals surface area (Å²) in [5.41, 5.74) is 5.55. The number of hydrogen-bond donors (Lipinski definition) is 1. The van der Waals surface area contributed by atoms with Crippen molar-refractivity contribution in [2.75, 3.05) is 39.4 Å². The van der Waals surface area contributed by atoms with Gasteiger partial charge in [-0.25, -0.2) is 0 Å². The fourth-order valence-electron chi connectivity index (χ4n) is 2.31. The van der Waals surface area contributed by atoms with Crippen LogP contribution in [0.2, 0.25) is 0 Å². The smallest absolute Gasteiger partial charge is 0.0528 e. The molecule has 2 aliphatic heterocycles. The van der Waals surface area contributed by atoms with Crippen molar-refractivity contribution in [3.8, 4) is 0 Å². The molecular weight excluding hydrogens is 164 g/mol. The predicted octanol–water partition coefficient (Wildman–Crippen LogP) is 0.304. The Hall–Kier alpha value is -0.120. The number of hydrogen-bond acceptors (Lipinski definition) is 3. The molecule has 2 heterocycles. The van der Waals surface area contributed by atoms with Crippen LogP contribution < -0.4 is 5.73 Å². The van der Waals surface area contributed by atoms with Gasteiger partial charge >= 0.3 is 0 Å². The molecule has 0 bridgehead atoms. The molecule has 2 N–H and O–H groups in total. The summed E-state index contributed by atoms with van der Waals surface area (Å²) in [6, 6.07) is 0. The predicted molar refractivity (Wildman–Crippen MR) is 52.5 cm³/mol. The fourth-order valence-corrected chi connectivity index (χ4v) is 2.31. The first-order valence-electron chi connectivity index (χ1n) is 5.38. The number of ether oxygens (including phenoxy) is 1. The maximum atomic E-state index is 5.55. The average Bonchev–Trinajstić information content (AvgIpc) is 2.46. The second-order valence-electron chi connectivity index (χ2n) is 4.40. The third kappa shape index (κ3) is 2.42. The zero-order chi connectivity index (χ0) is 9.10. The minimum absolute atomic E-state index is 0.816. The second kappa shape index (κ2) is 4.40. The van der Waals surface area contributed by atoms with E-state index in [1.54, 1.807) is 0 Å². The Kier molecular flexibility index (Phi) is 3.19. The van der Waals surface area contributed by atoms with Gasteiger partial charge in [0.1, 0.15) is 0 Å². The van der Waals surface area contributed by atoms with Crippen LogP contribution in [0.1, 0.15) is 12.8 Å². The van der Waals surface area contributed by atoms with Crippen molar-refractivity contribution < 1.29 is 4.74 Å². The Bertz CT molecular complexity index is 159. The van der Waals surface area contributed by atoms with Gasteiger partial charge in [0.05, 0.1) is 13.2 Å². The molecule has 3 heteroatoms. The van der Waals surface area contributed by atoms with Crippen LogP contribution in [0.4, 0.5) is 0 Å².